The molecule has 0 unspecified atom stereocenters. The van der Waals surface area contributed by atoms with Crippen LogP contribution in [0.3, 0.4) is 0 Å². The third-order valence-electron chi connectivity index (χ3n) is 5.50. The fourth-order valence-electron chi connectivity index (χ4n) is 3.58. The lowest BCUT2D eigenvalue weighted by atomic mass is 10.1. The lowest BCUT2D eigenvalue weighted by Crippen LogP contribution is -2.30. The van der Waals surface area contributed by atoms with Gasteiger partial charge in [-0.1, -0.05) is 35.9 Å². The van der Waals surface area contributed by atoms with Crippen LogP contribution < -0.4 is 16.0 Å². The second-order valence-corrected chi connectivity index (χ2v) is 9.58. The molecule has 0 saturated heterocycles. The lowest BCUT2D eigenvalue weighted by Gasteiger charge is -2.11. The fourth-order valence-corrected chi connectivity index (χ4v) is 4.28. The molecule has 0 aliphatic heterocycles. The Kier molecular flexibility index (Phi) is 8.79. The summed E-state index contributed by atoms with van der Waals surface area (Å²) in [4.78, 5) is 39.0. The zero-order valence-electron chi connectivity index (χ0n) is 21.0. The minimum atomic E-state index is -0.501. The van der Waals surface area contributed by atoms with Crippen molar-refractivity contribution in [2.45, 2.75) is 18.7 Å². The van der Waals surface area contributed by atoms with Crippen molar-refractivity contribution in [1.82, 2.24) is 5.32 Å². The number of carbonyl (C=O) groups is 3. The van der Waals surface area contributed by atoms with Gasteiger partial charge >= 0.3 is 0 Å². The number of hydrogen-bond acceptors (Lipinski definition) is 5. The fraction of sp³-hybridized carbons (Fsp3) is 0.100. The molecule has 0 atom stereocenters. The highest BCUT2D eigenvalue weighted by atomic mass is 32.2. The molecule has 0 aliphatic rings. The van der Waals surface area contributed by atoms with E-state index in [1.54, 1.807) is 48.5 Å². The quantitative estimate of drug-likeness (QED) is 0.183. The van der Waals surface area contributed by atoms with E-state index in [1.165, 1.54) is 24.1 Å². The SMILES string of the molecule is Cc1ccc(NC(=O)CSc2ccc(NC(=O)/C(=C/c3ccco3)NC(=O)c3ccccc3)cc2)c(C)c1. The monoisotopic (exact) mass is 525 g/mol. The van der Waals surface area contributed by atoms with Crippen molar-refractivity contribution in [3.05, 3.63) is 119 Å². The van der Waals surface area contributed by atoms with Gasteiger partial charge in [0.15, 0.2) is 0 Å². The standard InChI is InChI=1S/C30H27N3O4S/c1-20-10-15-26(21(2)17-20)32-28(34)19-38-25-13-11-23(12-14-25)31-30(36)27(18-24-9-6-16-37-24)33-29(35)22-7-4-3-5-8-22/h3-18H,19H2,1-2H3,(H,31,36)(H,32,34)(H,33,35)/b27-18-. The topological polar surface area (TPSA) is 100 Å². The summed E-state index contributed by atoms with van der Waals surface area (Å²) in [5.74, 6) is -0.334. The summed E-state index contributed by atoms with van der Waals surface area (Å²) in [7, 11) is 0. The largest absolute Gasteiger partial charge is 0.465 e. The lowest BCUT2D eigenvalue weighted by molar-refractivity contribution is -0.114. The summed E-state index contributed by atoms with van der Waals surface area (Å²) in [6, 6.07) is 25.0. The molecule has 38 heavy (non-hydrogen) atoms. The number of furan rings is 1. The maximum atomic E-state index is 13.0. The smallest absolute Gasteiger partial charge is 0.272 e. The predicted octanol–water partition coefficient (Wildman–Crippen LogP) is 6.04. The Balaban J connectivity index is 1.36. The van der Waals surface area contributed by atoms with Crippen LogP contribution >= 0.6 is 11.8 Å². The first-order valence-electron chi connectivity index (χ1n) is 11.9. The van der Waals surface area contributed by atoms with Gasteiger partial charge in [0.1, 0.15) is 11.5 Å². The summed E-state index contributed by atoms with van der Waals surface area (Å²) in [6.07, 6.45) is 2.95. The molecule has 0 aliphatic carbocycles. The molecule has 4 aromatic rings. The van der Waals surface area contributed by atoms with E-state index in [1.807, 2.05) is 50.2 Å². The number of anilines is 2. The van der Waals surface area contributed by atoms with E-state index in [0.717, 1.165) is 21.7 Å². The van der Waals surface area contributed by atoms with Crippen molar-refractivity contribution >= 4 is 46.9 Å². The van der Waals surface area contributed by atoms with Crippen LogP contribution in [0.5, 0.6) is 0 Å². The van der Waals surface area contributed by atoms with Gasteiger partial charge in [0.2, 0.25) is 5.91 Å². The van der Waals surface area contributed by atoms with Crippen molar-refractivity contribution in [3.63, 3.8) is 0 Å². The summed E-state index contributed by atoms with van der Waals surface area (Å²) >= 11 is 1.39. The van der Waals surface area contributed by atoms with E-state index < -0.39 is 11.8 Å². The average Bonchev–Trinajstić information content (AvgIpc) is 3.43. The number of amides is 3. The molecule has 3 N–H and O–H groups in total. The van der Waals surface area contributed by atoms with Gasteiger partial charge in [0.05, 0.1) is 12.0 Å². The molecule has 0 fully saturated rings. The first-order chi connectivity index (χ1) is 18.4. The average molecular weight is 526 g/mol. The number of aryl methyl sites for hydroxylation is 2. The molecular weight excluding hydrogens is 498 g/mol. The summed E-state index contributed by atoms with van der Waals surface area (Å²) in [5, 5.41) is 8.40. The molecule has 3 aromatic carbocycles. The van der Waals surface area contributed by atoms with Crippen LogP contribution in [0.15, 0.2) is 106 Å². The van der Waals surface area contributed by atoms with Gasteiger partial charge in [-0.15, -0.1) is 11.8 Å². The number of thioether (sulfide) groups is 1. The summed E-state index contributed by atoms with van der Waals surface area (Å²) < 4.78 is 5.32. The molecule has 3 amide bonds. The highest BCUT2D eigenvalue weighted by molar-refractivity contribution is 8.00. The third-order valence-corrected chi connectivity index (χ3v) is 6.51. The Morgan fingerprint density at radius 1 is 0.868 bits per heavy atom. The maximum Gasteiger partial charge on any atom is 0.272 e. The Hall–Kier alpha value is -4.56. The van der Waals surface area contributed by atoms with Crippen molar-refractivity contribution in [3.8, 4) is 0 Å². The van der Waals surface area contributed by atoms with Crippen LogP contribution in [0.2, 0.25) is 0 Å². The van der Waals surface area contributed by atoms with E-state index >= 15 is 0 Å². The van der Waals surface area contributed by atoms with Crippen LogP contribution in [0.25, 0.3) is 6.08 Å². The molecular formula is C30H27N3O4S. The van der Waals surface area contributed by atoms with Crippen molar-refractivity contribution in [1.29, 1.82) is 0 Å². The second kappa shape index (κ2) is 12.6. The molecule has 1 heterocycles. The highest BCUT2D eigenvalue weighted by Gasteiger charge is 2.16. The van der Waals surface area contributed by atoms with Crippen LogP contribution in [-0.4, -0.2) is 23.5 Å². The van der Waals surface area contributed by atoms with Gasteiger partial charge < -0.3 is 20.4 Å². The maximum absolute atomic E-state index is 13.0. The third kappa shape index (κ3) is 7.47. The summed E-state index contributed by atoms with van der Waals surface area (Å²) in [6.45, 7) is 3.97. The molecule has 8 heteroatoms. The molecule has 192 valence electrons. The Bertz CT molecular complexity index is 1450. The normalized spacial score (nSPS) is 11.1. The van der Waals surface area contributed by atoms with Crippen molar-refractivity contribution < 1.29 is 18.8 Å². The van der Waals surface area contributed by atoms with Crippen molar-refractivity contribution in [2.24, 2.45) is 0 Å². The Morgan fingerprint density at radius 2 is 1.63 bits per heavy atom. The zero-order chi connectivity index (χ0) is 26.9. The van der Waals surface area contributed by atoms with Crippen molar-refractivity contribution in [2.75, 3.05) is 16.4 Å². The molecule has 4 rings (SSSR count). The van der Waals surface area contributed by atoms with Crippen LogP contribution in [0.1, 0.15) is 27.2 Å². The summed E-state index contributed by atoms with van der Waals surface area (Å²) in [5.41, 5.74) is 3.97. The van der Waals surface area contributed by atoms with Gasteiger partial charge in [-0.25, -0.2) is 0 Å². The van der Waals surface area contributed by atoms with E-state index in [2.05, 4.69) is 16.0 Å². The van der Waals surface area contributed by atoms with Gasteiger partial charge in [-0.3, -0.25) is 14.4 Å². The number of nitrogens with one attached hydrogen (secondary N) is 3. The van der Waals surface area contributed by atoms with Gasteiger partial charge in [0, 0.05) is 27.9 Å². The minimum absolute atomic E-state index is 0.0373. The van der Waals surface area contributed by atoms with Gasteiger partial charge in [-0.05, 0) is 74.0 Å². The molecule has 0 bridgehead atoms. The second-order valence-electron chi connectivity index (χ2n) is 8.53. The zero-order valence-corrected chi connectivity index (χ0v) is 21.8. The number of benzene rings is 3. The first kappa shape index (κ1) is 26.5. The van der Waals surface area contributed by atoms with Crippen LogP contribution in [0, 0.1) is 13.8 Å². The molecule has 7 nitrogen and oxygen atoms in total. The molecule has 0 radical (unpaired) electrons. The minimum Gasteiger partial charge on any atom is -0.465 e. The molecule has 0 spiro atoms. The number of carbonyl (C=O) groups excluding carboxylic acids is 3. The van der Waals surface area contributed by atoms with E-state index in [4.69, 9.17) is 4.42 Å². The number of rotatable bonds is 9. The Morgan fingerprint density at radius 3 is 2.32 bits per heavy atom. The Labute approximate surface area is 225 Å². The van der Waals surface area contributed by atoms with E-state index in [0.29, 0.717) is 17.0 Å². The molecule has 0 saturated carbocycles. The highest BCUT2D eigenvalue weighted by Crippen LogP contribution is 2.22. The first-order valence-corrected chi connectivity index (χ1v) is 12.9. The van der Waals surface area contributed by atoms with Gasteiger partial charge in [0.25, 0.3) is 11.8 Å². The van der Waals surface area contributed by atoms with E-state index in [-0.39, 0.29) is 17.4 Å². The predicted molar refractivity (Wildman–Crippen MR) is 151 cm³/mol. The van der Waals surface area contributed by atoms with Gasteiger partial charge in [-0.2, -0.15) is 0 Å². The van der Waals surface area contributed by atoms with E-state index in [9.17, 15) is 14.4 Å². The van der Waals surface area contributed by atoms with Crippen LogP contribution in [0.4, 0.5) is 11.4 Å². The number of hydrogen-bond donors (Lipinski definition) is 3. The molecule has 1 aromatic heterocycles. The van der Waals surface area contributed by atoms with Crippen LogP contribution in [-0.2, 0) is 9.59 Å².